The van der Waals surface area contributed by atoms with E-state index < -0.39 is 0 Å². The van der Waals surface area contributed by atoms with Crippen LogP contribution in [0.5, 0.6) is 0 Å². The molecular weight excluding hydrogens is 319 g/mol. The van der Waals surface area contributed by atoms with E-state index in [2.05, 4.69) is 20.9 Å². The standard InChI is InChI=1S/C12H12BrFN2OS/c1-17-6-7-4-8(7)9-5-16(18-14)12-11(9)10(13)2-3-15-12/h2-3,5,7-8H,4,6H2,1H3. The summed E-state index contributed by atoms with van der Waals surface area (Å²) in [7, 11) is 1.72. The van der Waals surface area contributed by atoms with Gasteiger partial charge < -0.3 is 4.74 Å². The molecule has 2 aromatic rings. The van der Waals surface area contributed by atoms with Gasteiger partial charge in [-0.3, -0.25) is 0 Å². The van der Waals surface area contributed by atoms with Gasteiger partial charge >= 0.3 is 0 Å². The number of methoxy groups -OCH3 is 1. The molecule has 0 N–H and O–H groups in total. The van der Waals surface area contributed by atoms with Crippen molar-refractivity contribution in [1.29, 1.82) is 0 Å². The average Bonchev–Trinajstić information content (AvgIpc) is 3.02. The first-order valence-electron chi connectivity index (χ1n) is 5.69. The Morgan fingerprint density at radius 3 is 3.22 bits per heavy atom. The average molecular weight is 331 g/mol. The lowest BCUT2D eigenvalue weighted by atomic mass is 10.1. The number of aromatic nitrogens is 2. The van der Waals surface area contributed by atoms with Gasteiger partial charge in [0.15, 0.2) is 18.0 Å². The first-order valence-corrected chi connectivity index (χ1v) is 7.16. The molecule has 0 radical (unpaired) electrons. The van der Waals surface area contributed by atoms with Gasteiger partial charge in [0, 0.05) is 36.0 Å². The summed E-state index contributed by atoms with van der Waals surface area (Å²) >= 11 is 3.72. The van der Waals surface area contributed by atoms with Gasteiger partial charge in [-0.15, -0.1) is 3.89 Å². The Labute approximate surface area is 117 Å². The third kappa shape index (κ3) is 1.96. The van der Waals surface area contributed by atoms with Crippen LogP contribution in [0.15, 0.2) is 22.9 Å². The van der Waals surface area contributed by atoms with Crippen LogP contribution in [0, 0.1) is 5.92 Å². The minimum absolute atomic E-state index is 0.190. The van der Waals surface area contributed by atoms with Crippen molar-refractivity contribution >= 4 is 39.3 Å². The van der Waals surface area contributed by atoms with Crippen molar-refractivity contribution in [2.45, 2.75) is 12.3 Å². The molecule has 3 rings (SSSR count). The molecule has 6 heteroatoms. The SMILES string of the molecule is COCC1CC1c1cn(SF)c2nccc(Br)c12. The van der Waals surface area contributed by atoms with E-state index in [1.165, 1.54) is 3.97 Å². The molecule has 3 nitrogen and oxygen atoms in total. The highest BCUT2D eigenvalue weighted by Gasteiger charge is 2.40. The Bertz CT molecular complexity index is 589. The van der Waals surface area contributed by atoms with Gasteiger partial charge in [0.1, 0.15) is 0 Å². The zero-order chi connectivity index (χ0) is 12.7. The fourth-order valence-corrected chi connectivity index (χ4v) is 3.36. The summed E-state index contributed by atoms with van der Waals surface area (Å²) in [5.41, 5.74) is 1.84. The first kappa shape index (κ1) is 12.4. The van der Waals surface area contributed by atoms with Crippen LogP contribution in [-0.4, -0.2) is 22.7 Å². The lowest BCUT2D eigenvalue weighted by Gasteiger charge is -1.99. The van der Waals surface area contributed by atoms with Crippen molar-refractivity contribution < 1.29 is 8.62 Å². The Morgan fingerprint density at radius 2 is 2.50 bits per heavy atom. The normalized spacial score (nSPS) is 22.6. The predicted molar refractivity (Wildman–Crippen MR) is 74.3 cm³/mol. The summed E-state index contributed by atoms with van der Waals surface area (Å²) in [6, 6.07) is 1.90. The Kier molecular flexibility index (Phi) is 3.34. The molecule has 1 saturated carbocycles. The second kappa shape index (κ2) is 4.83. The van der Waals surface area contributed by atoms with Crippen LogP contribution in [0.3, 0.4) is 0 Å². The van der Waals surface area contributed by atoms with E-state index in [0.29, 0.717) is 17.5 Å². The number of halogens is 2. The molecule has 1 fully saturated rings. The molecule has 1 aliphatic rings. The van der Waals surface area contributed by atoms with Crippen molar-refractivity contribution in [3.8, 4) is 0 Å². The van der Waals surface area contributed by atoms with Crippen molar-refractivity contribution in [1.82, 2.24) is 8.96 Å². The second-order valence-electron chi connectivity index (χ2n) is 4.53. The fraction of sp³-hybridized carbons (Fsp3) is 0.417. The fourth-order valence-electron chi connectivity index (χ4n) is 2.47. The summed E-state index contributed by atoms with van der Waals surface area (Å²) in [6.07, 6.45) is 4.64. The van der Waals surface area contributed by atoms with E-state index in [4.69, 9.17) is 4.74 Å². The maximum absolute atomic E-state index is 12.9. The zero-order valence-electron chi connectivity index (χ0n) is 9.77. The number of hydrogen-bond donors (Lipinski definition) is 0. The minimum Gasteiger partial charge on any atom is -0.384 e. The molecule has 1 aliphatic carbocycles. The summed E-state index contributed by atoms with van der Waals surface area (Å²) in [5, 5.41) is 1.02. The van der Waals surface area contributed by atoms with E-state index in [-0.39, 0.29) is 12.3 Å². The predicted octanol–water partition coefficient (Wildman–Crippen LogP) is 3.93. The highest BCUT2D eigenvalue weighted by Crippen LogP contribution is 2.51. The molecule has 0 bridgehead atoms. The number of rotatable bonds is 4. The molecule has 2 atom stereocenters. The third-order valence-electron chi connectivity index (χ3n) is 3.41. The van der Waals surface area contributed by atoms with Crippen LogP contribution in [-0.2, 0) is 4.74 Å². The summed E-state index contributed by atoms with van der Waals surface area (Å²) < 4.78 is 20.6. The molecule has 0 aromatic carbocycles. The van der Waals surface area contributed by atoms with E-state index in [1.807, 2.05) is 12.3 Å². The summed E-state index contributed by atoms with van der Waals surface area (Å²) in [6.45, 7) is 0.762. The summed E-state index contributed by atoms with van der Waals surface area (Å²) in [4.78, 5) is 4.26. The highest BCUT2D eigenvalue weighted by molar-refractivity contribution is 9.10. The number of nitrogens with zero attached hydrogens (tertiary/aromatic N) is 2. The highest BCUT2D eigenvalue weighted by atomic mass is 79.9. The smallest absolute Gasteiger partial charge is 0.171 e. The molecule has 96 valence electrons. The molecule has 2 aromatic heterocycles. The molecule has 0 spiro atoms. The largest absolute Gasteiger partial charge is 0.384 e. The lowest BCUT2D eigenvalue weighted by molar-refractivity contribution is 0.184. The quantitative estimate of drug-likeness (QED) is 0.849. The molecule has 0 amide bonds. The summed E-state index contributed by atoms with van der Waals surface area (Å²) in [5.74, 6) is 1.01. The van der Waals surface area contributed by atoms with Crippen molar-refractivity contribution in [3.05, 3.63) is 28.5 Å². The zero-order valence-corrected chi connectivity index (χ0v) is 12.2. The Balaban J connectivity index is 2.07. The topological polar surface area (TPSA) is 27.1 Å². The number of fused-ring (bicyclic) bond motifs is 1. The van der Waals surface area contributed by atoms with Crippen LogP contribution in [0.4, 0.5) is 3.89 Å². The number of ether oxygens (including phenoxy) is 1. The van der Waals surface area contributed by atoms with Crippen LogP contribution in [0.1, 0.15) is 17.9 Å². The minimum atomic E-state index is 0.190. The van der Waals surface area contributed by atoms with E-state index >= 15 is 0 Å². The van der Waals surface area contributed by atoms with Gasteiger partial charge in [-0.2, -0.15) is 0 Å². The maximum Gasteiger partial charge on any atom is 0.171 e. The van der Waals surface area contributed by atoms with Gasteiger partial charge in [-0.05, 0) is 45.8 Å². The van der Waals surface area contributed by atoms with Gasteiger partial charge in [0.25, 0.3) is 0 Å². The third-order valence-corrected chi connectivity index (χ3v) is 4.50. The molecule has 0 aliphatic heterocycles. The second-order valence-corrected chi connectivity index (χ2v) is 5.91. The van der Waals surface area contributed by atoms with E-state index in [1.54, 1.807) is 13.3 Å². The van der Waals surface area contributed by atoms with E-state index in [0.717, 1.165) is 28.5 Å². The first-order chi connectivity index (χ1) is 8.76. The molecular formula is C12H12BrFN2OS. The van der Waals surface area contributed by atoms with Crippen LogP contribution < -0.4 is 0 Å². The van der Waals surface area contributed by atoms with Gasteiger partial charge in [0.2, 0.25) is 0 Å². The number of hydrogen-bond acceptors (Lipinski definition) is 3. The van der Waals surface area contributed by atoms with Crippen LogP contribution in [0.2, 0.25) is 0 Å². The molecule has 0 saturated heterocycles. The van der Waals surface area contributed by atoms with Crippen LogP contribution in [0.25, 0.3) is 11.0 Å². The van der Waals surface area contributed by atoms with E-state index in [9.17, 15) is 3.89 Å². The Hall–Kier alpha value is -0.590. The molecule has 2 heterocycles. The van der Waals surface area contributed by atoms with Gasteiger partial charge in [0.05, 0.1) is 0 Å². The van der Waals surface area contributed by atoms with Gasteiger partial charge in [-0.1, -0.05) is 0 Å². The number of pyridine rings is 1. The lowest BCUT2D eigenvalue weighted by Crippen LogP contribution is -1.92. The van der Waals surface area contributed by atoms with Crippen molar-refractivity contribution in [2.24, 2.45) is 5.92 Å². The monoisotopic (exact) mass is 330 g/mol. The van der Waals surface area contributed by atoms with Crippen LogP contribution >= 0.6 is 28.3 Å². The van der Waals surface area contributed by atoms with Crippen molar-refractivity contribution in [3.63, 3.8) is 0 Å². The Morgan fingerprint density at radius 1 is 1.67 bits per heavy atom. The van der Waals surface area contributed by atoms with Gasteiger partial charge in [-0.25, -0.2) is 8.96 Å². The molecule has 18 heavy (non-hydrogen) atoms. The maximum atomic E-state index is 12.9. The molecule has 2 unspecified atom stereocenters. The van der Waals surface area contributed by atoms with Crippen molar-refractivity contribution in [2.75, 3.05) is 13.7 Å².